The highest BCUT2D eigenvalue weighted by molar-refractivity contribution is 7.91. The van der Waals surface area contributed by atoms with Crippen LogP contribution in [-0.2, 0) is 14.8 Å². The van der Waals surface area contributed by atoms with Gasteiger partial charge in [0.15, 0.2) is 0 Å². The molecule has 7 nitrogen and oxygen atoms in total. The number of nitrogens with zero attached hydrogens (tertiary/aromatic N) is 3. The lowest BCUT2D eigenvalue weighted by atomic mass is 9.96. The standard InChI is InChI=1S/C22H33N3O4S2/c26-21(23-10-4-1-2-5-11-23)18-8-14-25(15-9-18)31(28,29)20-16-19(17-30-20)22(27)24-12-6-3-7-13-24/h16-18H,1-15H2. The minimum Gasteiger partial charge on any atom is -0.342 e. The van der Waals surface area contributed by atoms with E-state index in [4.69, 9.17) is 0 Å². The highest BCUT2D eigenvalue weighted by atomic mass is 32.2. The smallest absolute Gasteiger partial charge is 0.254 e. The molecule has 3 aliphatic rings. The van der Waals surface area contributed by atoms with Crippen LogP contribution in [-0.4, -0.2) is 73.6 Å². The predicted molar refractivity (Wildman–Crippen MR) is 121 cm³/mol. The molecule has 0 aliphatic carbocycles. The summed E-state index contributed by atoms with van der Waals surface area (Å²) in [5, 5.41) is 1.67. The first-order chi connectivity index (χ1) is 15.0. The van der Waals surface area contributed by atoms with Crippen molar-refractivity contribution in [3.63, 3.8) is 0 Å². The predicted octanol–water partition coefficient (Wildman–Crippen LogP) is 3.18. The van der Waals surface area contributed by atoms with Gasteiger partial charge in [-0.05, 0) is 51.0 Å². The average Bonchev–Trinajstić information content (AvgIpc) is 3.16. The second-order valence-corrected chi connectivity index (χ2v) is 12.0. The number of thiophene rings is 1. The molecule has 2 amide bonds. The summed E-state index contributed by atoms with van der Waals surface area (Å²) in [4.78, 5) is 29.4. The van der Waals surface area contributed by atoms with Crippen molar-refractivity contribution in [3.05, 3.63) is 17.0 Å². The zero-order valence-electron chi connectivity index (χ0n) is 18.1. The lowest BCUT2D eigenvalue weighted by Crippen LogP contribution is -2.44. The second kappa shape index (κ2) is 10.0. The molecule has 9 heteroatoms. The Kier molecular flexibility index (Phi) is 7.33. The molecule has 0 bridgehead atoms. The molecule has 3 aliphatic heterocycles. The maximum Gasteiger partial charge on any atom is 0.254 e. The molecule has 0 atom stereocenters. The fourth-order valence-electron chi connectivity index (χ4n) is 4.86. The van der Waals surface area contributed by atoms with Crippen LogP contribution in [0.1, 0.15) is 68.1 Å². The van der Waals surface area contributed by atoms with E-state index in [0.29, 0.717) is 31.5 Å². The van der Waals surface area contributed by atoms with Crippen LogP contribution in [0.3, 0.4) is 0 Å². The van der Waals surface area contributed by atoms with Crippen molar-refractivity contribution in [1.82, 2.24) is 14.1 Å². The van der Waals surface area contributed by atoms with Gasteiger partial charge < -0.3 is 9.80 Å². The molecule has 0 spiro atoms. The third kappa shape index (κ3) is 5.14. The number of piperidine rings is 2. The first-order valence-corrected chi connectivity index (χ1v) is 14.0. The number of carbonyl (C=O) groups excluding carboxylic acids is 2. The summed E-state index contributed by atoms with van der Waals surface area (Å²) in [6.07, 6.45) is 8.79. The number of hydrogen-bond donors (Lipinski definition) is 0. The number of hydrogen-bond acceptors (Lipinski definition) is 5. The van der Waals surface area contributed by atoms with Crippen molar-refractivity contribution in [2.75, 3.05) is 39.3 Å². The minimum atomic E-state index is -3.63. The van der Waals surface area contributed by atoms with E-state index in [2.05, 4.69) is 0 Å². The van der Waals surface area contributed by atoms with E-state index in [1.54, 1.807) is 5.38 Å². The monoisotopic (exact) mass is 467 g/mol. The molecular formula is C22H33N3O4S2. The van der Waals surface area contributed by atoms with Crippen LogP contribution in [0.15, 0.2) is 15.7 Å². The number of carbonyl (C=O) groups is 2. The zero-order chi connectivity index (χ0) is 21.8. The largest absolute Gasteiger partial charge is 0.342 e. The van der Waals surface area contributed by atoms with Crippen LogP contribution in [0, 0.1) is 5.92 Å². The fourth-order valence-corrected chi connectivity index (χ4v) is 7.64. The van der Waals surface area contributed by atoms with Gasteiger partial charge in [-0.25, -0.2) is 8.42 Å². The van der Waals surface area contributed by atoms with E-state index >= 15 is 0 Å². The Morgan fingerprint density at radius 1 is 0.806 bits per heavy atom. The molecule has 3 saturated heterocycles. The first-order valence-electron chi connectivity index (χ1n) is 11.6. The Morgan fingerprint density at radius 3 is 1.97 bits per heavy atom. The van der Waals surface area contributed by atoms with Crippen molar-refractivity contribution in [2.24, 2.45) is 5.92 Å². The van der Waals surface area contributed by atoms with Crippen LogP contribution in [0.2, 0.25) is 0 Å². The Labute approximate surface area is 189 Å². The van der Waals surface area contributed by atoms with Crippen LogP contribution >= 0.6 is 11.3 Å². The average molecular weight is 468 g/mol. The summed E-state index contributed by atoms with van der Waals surface area (Å²) in [6, 6.07) is 1.53. The highest BCUT2D eigenvalue weighted by Crippen LogP contribution is 2.30. The zero-order valence-corrected chi connectivity index (χ0v) is 19.8. The summed E-state index contributed by atoms with van der Waals surface area (Å²) in [6.45, 7) is 3.88. The third-order valence-corrected chi connectivity index (χ3v) is 10.1. The van der Waals surface area contributed by atoms with Crippen LogP contribution in [0.5, 0.6) is 0 Å². The van der Waals surface area contributed by atoms with E-state index in [-0.39, 0.29) is 21.9 Å². The van der Waals surface area contributed by atoms with E-state index in [9.17, 15) is 18.0 Å². The van der Waals surface area contributed by atoms with Gasteiger partial charge in [0, 0.05) is 50.6 Å². The quantitative estimate of drug-likeness (QED) is 0.681. The van der Waals surface area contributed by atoms with Gasteiger partial charge in [0.2, 0.25) is 5.91 Å². The van der Waals surface area contributed by atoms with Crippen molar-refractivity contribution in [2.45, 2.75) is 62.0 Å². The number of likely N-dealkylation sites (tertiary alicyclic amines) is 2. The summed E-state index contributed by atoms with van der Waals surface area (Å²) in [5.74, 6) is 0.0489. The highest BCUT2D eigenvalue weighted by Gasteiger charge is 2.35. The van der Waals surface area contributed by atoms with Crippen LogP contribution in [0.4, 0.5) is 0 Å². The van der Waals surface area contributed by atoms with Gasteiger partial charge in [0.05, 0.1) is 5.56 Å². The molecule has 4 heterocycles. The number of rotatable bonds is 4. The van der Waals surface area contributed by atoms with Gasteiger partial charge in [0.1, 0.15) is 4.21 Å². The maximum atomic E-state index is 13.1. The maximum absolute atomic E-state index is 13.1. The van der Waals surface area contributed by atoms with E-state index in [1.807, 2.05) is 9.80 Å². The van der Waals surface area contributed by atoms with Crippen LogP contribution in [0.25, 0.3) is 0 Å². The molecule has 0 N–H and O–H groups in total. The normalized spacial score (nSPS) is 22.3. The molecule has 31 heavy (non-hydrogen) atoms. The Balaban J connectivity index is 1.36. The molecule has 0 unspecified atom stereocenters. The number of amides is 2. The van der Waals surface area contributed by atoms with Gasteiger partial charge in [-0.2, -0.15) is 4.31 Å². The summed E-state index contributed by atoms with van der Waals surface area (Å²) in [5.41, 5.74) is 0.469. The molecular weight excluding hydrogens is 434 g/mol. The summed E-state index contributed by atoms with van der Waals surface area (Å²) < 4.78 is 28.0. The lowest BCUT2D eigenvalue weighted by Gasteiger charge is -2.33. The van der Waals surface area contributed by atoms with E-state index in [1.165, 1.54) is 23.2 Å². The van der Waals surface area contributed by atoms with E-state index < -0.39 is 10.0 Å². The molecule has 0 radical (unpaired) electrons. The van der Waals surface area contributed by atoms with Crippen molar-refractivity contribution < 1.29 is 18.0 Å². The van der Waals surface area contributed by atoms with Crippen molar-refractivity contribution in [3.8, 4) is 0 Å². The second-order valence-electron chi connectivity index (χ2n) is 8.93. The topological polar surface area (TPSA) is 78.0 Å². The SMILES string of the molecule is O=C(c1csc(S(=O)(=O)N2CCC(C(=O)N3CCCCCC3)CC2)c1)N1CCCCC1. The minimum absolute atomic E-state index is 0.0702. The van der Waals surface area contributed by atoms with Gasteiger partial charge in [-0.3, -0.25) is 9.59 Å². The van der Waals surface area contributed by atoms with Gasteiger partial charge >= 0.3 is 0 Å². The lowest BCUT2D eigenvalue weighted by molar-refractivity contribution is -0.136. The summed E-state index contributed by atoms with van der Waals surface area (Å²) >= 11 is 1.12. The van der Waals surface area contributed by atoms with Gasteiger partial charge in [-0.1, -0.05) is 12.8 Å². The molecule has 1 aromatic rings. The molecule has 0 aromatic carbocycles. The molecule has 172 valence electrons. The van der Waals surface area contributed by atoms with Gasteiger partial charge in [0.25, 0.3) is 15.9 Å². The Bertz CT molecular complexity index is 876. The van der Waals surface area contributed by atoms with Gasteiger partial charge in [-0.15, -0.1) is 11.3 Å². The summed E-state index contributed by atoms with van der Waals surface area (Å²) in [7, 11) is -3.63. The van der Waals surface area contributed by atoms with E-state index in [0.717, 1.165) is 69.6 Å². The molecule has 3 fully saturated rings. The Hall–Kier alpha value is -1.45. The third-order valence-electron chi connectivity index (χ3n) is 6.78. The first kappa shape index (κ1) is 22.7. The van der Waals surface area contributed by atoms with Crippen LogP contribution < -0.4 is 0 Å². The van der Waals surface area contributed by atoms with Crippen molar-refractivity contribution >= 4 is 33.2 Å². The number of sulfonamides is 1. The fraction of sp³-hybridized carbons (Fsp3) is 0.727. The Morgan fingerprint density at radius 2 is 1.35 bits per heavy atom. The molecule has 4 rings (SSSR count). The molecule has 1 aromatic heterocycles. The molecule has 0 saturated carbocycles. The van der Waals surface area contributed by atoms with Crippen molar-refractivity contribution in [1.29, 1.82) is 0 Å².